The summed E-state index contributed by atoms with van der Waals surface area (Å²) in [5, 5.41) is 0. The Morgan fingerprint density at radius 1 is 0.868 bits per heavy atom. The van der Waals surface area contributed by atoms with Crippen LogP contribution in [0.4, 0.5) is 0 Å². The number of nitrogens with zero attached hydrogens (tertiary/aromatic N) is 1. The van der Waals surface area contributed by atoms with Crippen LogP contribution in [0.5, 0.6) is 0 Å². The van der Waals surface area contributed by atoms with Gasteiger partial charge in [-0.25, -0.2) is 0 Å². The van der Waals surface area contributed by atoms with E-state index in [0.717, 1.165) is 32.1 Å². The number of terminal acetylenes is 1. The number of allylic oxidation sites excluding steroid dienone is 4. The van der Waals surface area contributed by atoms with Gasteiger partial charge in [0.05, 0.1) is 5.54 Å². The van der Waals surface area contributed by atoms with Crippen LogP contribution in [-0.2, 0) is 23.9 Å². The molecule has 2 heterocycles. The average molecular weight is 520 g/mol. The Bertz CT molecular complexity index is 1030. The molecule has 2 fully saturated rings. The van der Waals surface area contributed by atoms with Crippen molar-refractivity contribution in [2.75, 3.05) is 13.2 Å². The van der Waals surface area contributed by atoms with Crippen molar-refractivity contribution in [2.45, 2.75) is 101 Å². The zero-order chi connectivity index (χ0) is 27.1. The van der Waals surface area contributed by atoms with Crippen LogP contribution in [-0.4, -0.2) is 52.5 Å². The Morgan fingerprint density at radius 2 is 1.42 bits per heavy atom. The molecule has 1 amide bonds. The SMILES string of the molecule is C#CCCCCCCCCCCCN1C(=O)C(C2(OCC)CCC3(C=CC(=O)C=C3)O2)C12C=CC(=O)C=C2. The molecule has 0 aromatic rings. The summed E-state index contributed by atoms with van der Waals surface area (Å²) in [6.07, 6.45) is 31.1. The topological polar surface area (TPSA) is 72.9 Å². The van der Waals surface area contributed by atoms with Crippen molar-refractivity contribution in [3.8, 4) is 12.3 Å². The van der Waals surface area contributed by atoms with E-state index in [9.17, 15) is 14.4 Å². The fourth-order valence-electron chi connectivity index (χ4n) is 6.35. The molecule has 2 atom stereocenters. The second kappa shape index (κ2) is 12.4. The highest BCUT2D eigenvalue weighted by molar-refractivity contribution is 6.03. The normalized spacial score (nSPS) is 26.5. The summed E-state index contributed by atoms with van der Waals surface area (Å²) in [7, 11) is 0. The van der Waals surface area contributed by atoms with E-state index in [-0.39, 0.29) is 17.5 Å². The minimum absolute atomic E-state index is 0.00837. The third-order valence-corrected chi connectivity index (χ3v) is 8.29. The van der Waals surface area contributed by atoms with Gasteiger partial charge in [-0.15, -0.1) is 12.3 Å². The Labute approximate surface area is 227 Å². The monoisotopic (exact) mass is 519 g/mol. The zero-order valence-electron chi connectivity index (χ0n) is 22.7. The van der Waals surface area contributed by atoms with E-state index in [1.807, 2.05) is 24.0 Å². The van der Waals surface area contributed by atoms with Crippen molar-refractivity contribution in [2.24, 2.45) is 5.92 Å². The summed E-state index contributed by atoms with van der Waals surface area (Å²) in [5.74, 6) is 0.801. The first-order valence-corrected chi connectivity index (χ1v) is 14.3. The van der Waals surface area contributed by atoms with Crippen molar-refractivity contribution in [1.29, 1.82) is 0 Å². The molecule has 204 valence electrons. The summed E-state index contributed by atoms with van der Waals surface area (Å²) in [6, 6.07) is 0. The highest BCUT2D eigenvalue weighted by Gasteiger charge is 2.69. The standard InChI is InChI=1S/C32H41NO5/c1-3-5-6-7-8-9-10-11-12-13-14-25-33-29(36)28(31(33)21-17-27(35)18-22-31)32(37-4-2)24-23-30(38-32)19-15-26(34)16-20-30/h1,15-22,28H,4-14,23-25H2,2H3. The first-order valence-electron chi connectivity index (χ1n) is 14.3. The smallest absolute Gasteiger partial charge is 0.235 e. The maximum Gasteiger partial charge on any atom is 0.235 e. The van der Waals surface area contributed by atoms with Gasteiger partial charge in [0, 0.05) is 26.0 Å². The molecular weight excluding hydrogens is 478 g/mol. The number of unbranched alkanes of at least 4 members (excludes halogenated alkanes) is 9. The first kappa shape index (κ1) is 28.3. The lowest BCUT2D eigenvalue weighted by Gasteiger charge is -2.60. The van der Waals surface area contributed by atoms with E-state index >= 15 is 0 Å². The van der Waals surface area contributed by atoms with Crippen LogP contribution < -0.4 is 0 Å². The largest absolute Gasteiger partial charge is 0.349 e. The van der Waals surface area contributed by atoms with Gasteiger partial charge >= 0.3 is 0 Å². The van der Waals surface area contributed by atoms with Gasteiger partial charge in [-0.05, 0) is 62.6 Å². The lowest BCUT2D eigenvalue weighted by atomic mass is 9.66. The van der Waals surface area contributed by atoms with E-state index in [4.69, 9.17) is 15.9 Å². The van der Waals surface area contributed by atoms with Gasteiger partial charge in [-0.2, -0.15) is 0 Å². The van der Waals surface area contributed by atoms with Crippen molar-refractivity contribution in [1.82, 2.24) is 4.90 Å². The zero-order valence-corrected chi connectivity index (χ0v) is 22.7. The number of carbonyl (C=O) groups excluding carboxylic acids is 3. The van der Waals surface area contributed by atoms with E-state index < -0.39 is 22.8 Å². The molecule has 0 saturated carbocycles. The summed E-state index contributed by atoms with van der Waals surface area (Å²) in [5.41, 5.74) is -1.51. The number of β-lactam (4-membered cyclic amide) rings is 1. The number of likely N-dealkylation sites (tertiary alicyclic amines) is 1. The number of rotatable bonds is 14. The molecule has 0 aromatic heterocycles. The van der Waals surface area contributed by atoms with Crippen molar-refractivity contribution in [3.63, 3.8) is 0 Å². The van der Waals surface area contributed by atoms with Crippen LogP contribution in [0.15, 0.2) is 48.6 Å². The second-order valence-corrected chi connectivity index (χ2v) is 10.9. The highest BCUT2D eigenvalue weighted by atomic mass is 16.7. The van der Waals surface area contributed by atoms with Crippen molar-refractivity contribution < 1.29 is 23.9 Å². The quantitative estimate of drug-likeness (QED) is 0.175. The molecule has 0 aromatic carbocycles. The Hall–Kier alpha value is -2.75. The number of ether oxygens (including phenoxy) is 2. The van der Waals surface area contributed by atoms with Crippen molar-refractivity contribution >= 4 is 17.5 Å². The predicted octanol–water partition coefficient (Wildman–Crippen LogP) is 5.39. The molecule has 38 heavy (non-hydrogen) atoms. The molecular formula is C32H41NO5. The molecule has 0 radical (unpaired) electrons. The summed E-state index contributed by atoms with van der Waals surface area (Å²) >= 11 is 0. The molecule has 6 nitrogen and oxygen atoms in total. The first-order chi connectivity index (χ1) is 18.4. The minimum Gasteiger partial charge on any atom is -0.349 e. The van der Waals surface area contributed by atoms with E-state index in [2.05, 4.69) is 5.92 Å². The number of hydrogen-bond donors (Lipinski definition) is 0. The number of ketones is 2. The molecule has 4 aliphatic rings. The van der Waals surface area contributed by atoms with Crippen LogP contribution in [0.1, 0.15) is 84.0 Å². The third kappa shape index (κ3) is 5.80. The third-order valence-electron chi connectivity index (χ3n) is 8.29. The van der Waals surface area contributed by atoms with Crippen LogP contribution in [0.3, 0.4) is 0 Å². The molecule has 6 heteroatoms. The maximum absolute atomic E-state index is 13.7. The molecule has 2 aliphatic carbocycles. The fourth-order valence-corrected chi connectivity index (χ4v) is 6.35. The van der Waals surface area contributed by atoms with Gasteiger partial charge in [0.1, 0.15) is 11.5 Å². The second-order valence-electron chi connectivity index (χ2n) is 10.9. The Kier molecular flexibility index (Phi) is 9.23. The van der Waals surface area contributed by atoms with Crippen LogP contribution in [0.2, 0.25) is 0 Å². The Balaban J connectivity index is 1.37. The lowest BCUT2D eigenvalue weighted by molar-refractivity contribution is -0.287. The Morgan fingerprint density at radius 3 is 2.00 bits per heavy atom. The molecule has 2 spiro atoms. The fraction of sp³-hybridized carbons (Fsp3) is 0.594. The number of hydrogen-bond acceptors (Lipinski definition) is 5. The van der Waals surface area contributed by atoms with E-state index in [1.165, 1.54) is 44.3 Å². The molecule has 0 N–H and O–H groups in total. The van der Waals surface area contributed by atoms with E-state index in [1.54, 1.807) is 24.3 Å². The lowest BCUT2D eigenvalue weighted by Crippen LogP contribution is -2.76. The van der Waals surface area contributed by atoms with Gasteiger partial charge in [0.2, 0.25) is 5.91 Å². The van der Waals surface area contributed by atoms with Gasteiger partial charge in [-0.1, -0.05) is 57.1 Å². The van der Waals surface area contributed by atoms with E-state index in [0.29, 0.717) is 26.0 Å². The predicted molar refractivity (Wildman–Crippen MR) is 147 cm³/mol. The van der Waals surface area contributed by atoms with Crippen LogP contribution in [0, 0.1) is 18.3 Å². The van der Waals surface area contributed by atoms with Gasteiger partial charge in [0.25, 0.3) is 0 Å². The molecule has 4 rings (SSSR count). The molecule has 2 aliphatic heterocycles. The average Bonchev–Trinajstić information content (AvgIpc) is 3.26. The van der Waals surface area contributed by atoms with Gasteiger partial charge < -0.3 is 14.4 Å². The van der Waals surface area contributed by atoms with Gasteiger partial charge in [-0.3, -0.25) is 14.4 Å². The van der Waals surface area contributed by atoms with Crippen molar-refractivity contribution in [3.05, 3.63) is 48.6 Å². The highest BCUT2D eigenvalue weighted by Crippen LogP contribution is 2.56. The van der Waals surface area contributed by atoms with Gasteiger partial charge in [0.15, 0.2) is 17.4 Å². The summed E-state index contributed by atoms with van der Waals surface area (Å²) < 4.78 is 12.8. The number of amides is 1. The maximum atomic E-state index is 13.7. The summed E-state index contributed by atoms with van der Waals surface area (Å²) in [6.45, 7) is 2.91. The van der Waals surface area contributed by atoms with Crippen LogP contribution >= 0.6 is 0 Å². The van der Waals surface area contributed by atoms with Crippen LogP contribution in [0.25, 0.3) is 0 Å². The molecule has 2 unspecified atom stereocenters. The molecule has 2 saturated heterocycles. The molecule has 0 bridgehead atoms. The minimum atomic E-state index is -1.13. The summed E-state index contributed by atoms with van der Waals surface area (Å²) in [4.78, 5) is 39.4. The number of carbonyl (C=O) groups is 3.